The SMILES string of the molecule is O=C(c1ccc([N+](=O)[O-])c(O)c1)N1CCC[C@H](c2nc3ccccc3s2)C1. The summed E-state index contributed by atoms with van der Waals surface area (Å²) < 4.78 is 1.14. The summed E-state index contributed by atoms with van der Waals surface area (Å²) >= 11 is 1.66. The number of carbonyl (C=O) groups excluding carboxylic acids is 1. The van der Waals surface area contributed by atoms with Gasteiger partial charge in [-0.05, 0) is 37.1 Å². The van der Waals surface area contributed by atoms with E-state index < -0.39 is 16.4 Å². The van der Waals surface area contributed by atoms with Crippen LogP contribution in [0, 0.1) is 10.1 Å². The number of para-hydroxylation sites is 1. The van der Waals surface area contributed by atoms with Crippen molar-refractivity contribution in [2.24, 2.45) is 0 Å². The van der Waals surface area contributed by atoms with E-state index in [2.05, 4.69) is 0 Å². The van der Waals surface area contributed by atoms with E-state index in [1.807, 2.05) is 24.3 Å². The molecule has 3 aromatic rings. The number of fused-ring (bicyclic) bond motifs is 1. The van der Waals surface area contributed by atoms with Crippen LogP contribution in [-0.4, -0.2) is 38.9 Å². The Morgan fingerprint density at radius 3 is 2.85 bits per heavy atom. The van der Waals surface area contributed by atoms with Gasteiger partial charge < -0.3 is 10.0 Å². The number of aromatic hydroxyl groups is 1. The second-order valence-corrected chi connectivity index (χ2v) is 7.63. The van der Waals surface area contributed by atoms with Crippen molar-refractivity contribution in [3.63, 3.8) is 0 Å². The summed E-state index contributed by atoms with van der Waals surface area (Å²) in [6, 6.07) is 11.7. The molecule has 1 amide bonds. The Hall–Kier alpha value is -3.00. The van der Waals surface area contributed by atoms with E-state index in [0.717, 1.165) is 34.1 Å². The van der Waals surface area contributed by atoms with E-state index in [1.165, 1.54) is 12.1 Å². The second-order valence-electron chi connectivity index (χ2n) is 6.57. The molecule has 0 bridgehead atoms. The minimum absolute atomic E-state index is 0.173. The number of likely N-dealkylation sites (tertiary alicyclic amines) is 1. The zero-order chi connectivity index (χ0) is 19.0. The molecule has 1 saturated heterocycles. The Morgan fingerprint density at radius 2 is 2.11 bits per heavy atom. The second kappa shape index (κ2) is 6.96. The molecule has 0 aliphatic carbocycles. The highest BCUT2D eigenvalue weighted by Crippen LogP contribution is 2.34. The van der Waals surface area contributed by atoms with E-state index in [1.54, 1.807) is 16.2 Å². The average molecular weight is 383 g/mol. The lowest BCUT2D eigenvalue weighted by atomic mass is 9.98. The maximum absolute atomic E-state index is 12.8. The highest BCUT2D eigenvalue weighted by Gasteiger charge is 2.28. The van der Waals surface area contributed by atoms with Gasteiger partial charge in [0.1, 0.15) is 0 Å². The normalized spacial score (nSPS) is 17.2. The lowest BCUT2D eigenvalue weighted by Gasteiger charge is -2.32. The minimum atomic E-state index is -0.673. The van der Waals surface area contributed by atoms with Crippen molar-refractivity contribution in [1.82, 2.24) is 9.88 Å². The number of nitro groups is 1. The van der Waals surface area contributed by atoms with Crippen molar-refractivity contribution in [2.45, 2.75) is 18.8 Å². The van der Waals surface area contributed by atoms with Crippen molar-refractivity contribution in [2.75, 3.05) is 13.1 Å². The molecule has 1 N–H and O–H groups in total. The molecule has 1 aliphatic rings. The Bertz CT molecular complexity index is 1000. The van der Waals surface area contributed by atoms with Gasteiger partial charge in [-0.3, -0.25) is 14.9 Å². The summed E-state index contributed by atoms with van der Waals surface area (Å²) in [5, 5.41) is 21.6. The first-order valence-corrected chi connectivity index (χ1v) is 9.47. The number of nitro benzene ring substituents is 1. The topological polar surface area (TPSA) is 96.6 Å². The van der Waals surface area contributed by atoms with Crippen molar-refractivity contribution in [3.8, 4) is 5.75 Å². The predicted molar refractivity (Wildman–Crippen MR) is 102 cm³/mol. The standard InChI is InChI=1S/C19H17N3O4S/c23-16-10-12(7-8-15(16)22(25)26)19(24)21-9-3-4-13(11-21)18-20-14-5-1-2-6-17(14)27-18/h1-2,5-8,10,13,23H,3-4,9,11H2/t13-/m0/s1. The molecule has 1 atom stereocenters. The highest BCUT2D eigenvalue weighted by molar-refractivity contribution is 7.18. The van der Waals surface area contributed by atoms with Gasteiger partial charge in [-0.25, -0.2) is 4.98 Å². The van der Waals surface area contributed by atoms with Crippen LogP contribution in [0.5, 0.6) is 5.75 Å². The molecule has 0 unspecified atom stereocenters. The average Bonchev–Trinajstić information content (AvgIpc) is 3.11. The fraction of sp³-hybridized carbons (Fsp3) is 0.263. The molecule has 2 aromatic carbocycles. The van der Waals surface area contributed by atoms with Crippen LogP contribution in [0.3, 0.4) is 0 Å². The molecule has 1 aliphatic heterocycles. The van der Waals surface area contributed by atoms with E-state index in [4.69, 9.17) is 4.98 Å². The third kappa shape index (κ3) is 3.35. The zero-order valence-corrected chi connectivity index (χ0v) is 15.2. The van der Waals surface area contributed by atoms with Gasteiger partial charge in [0, 0.05) is 30.6 Å². The van der Waals surface area contributed by atoms with Gasteiger partial charge in [0.25, 0.3) is 5.91 Å². The zero-order valence-electron chi connectivity index (χ0n) is 14.4. The van der Waals surface area contributed by atoms with Crippen LogP contribution in [0.25, 0.3) is 10.2 Å². The van der Waals surface area contributed by atoms with Gasteiger partial charge in [-0.15, -0.1) is 11.3 Å². The summed E-state index contributed by atoms with van der Waals surface area (Å²) in [5.74, 6) is -0.552. The van der Waals surface area contributed by atoms with Gasteiger partial charge in [-0.2, -0.15) is 0 Å². The molecular weight excluding hydrogens is 366 g/mol. The number of hydrogen-bond donors (Lipinski definition) is 1. The highest BCUT2D eigenvalue weighted by atomic mass is 32.1. The van der Waals surface area contributed by atoms with Crippen molar-refractivity contribution >= 4 is 33.1 Å². The van der Waals surface area contributed by atoms with Crippen LogP contribution >= 0.6 is 11.3 Å². The van der Waals surface area contributed by atoms with Crippen LogP contribution in [0.4, 0.5) is 5.69 Å². The molecule has 2 heterocycles. The Morgan fingerprint density at radius 1 is 1.30 bits per heavy atom. The van der Waals surface area contributed by atoms with Gasteiger partial charge in [0.05, 0.1) is 20.1 Å². The third-order valence-electron chi connectivity index (χ3n) is 4.79. The summed E-state index contributed by atoms with van der Waals surface area (Å²) in [4.78, 5) is 29.4. The molecule has 4 rings (SSSR count). The maximum atomic E-state index is 12.8. The number of carbonyl (C=O) groups is 1. The summed E-state index contributed by atoms with van der Waals surface area (Å²) in [7, 11) is 0. The van der Waals surface area contributed by atoms with Crippen LogP contribution in [0.1, 0.15) is 34.1 Å². The molecule has 1 aromatic heterocycles. The largest absolute Gasteiger partial charge is 0.502 e. The number of piperidine rings is 1. The minimum Gasteiger partial charge on any atom is -0.502 e. The molecule has 0 radical (unpaired) electrons. The van der Waals surface area contributed by atoms with Gasteiger partial charge in [-0.1, -0.05) is 12.1 Å². The number of phenolic OH excluding ortho intramolecular Hbond substituents is 1. The Balaban J connectivity index is 1.54. The smallest absolute Gasteiger partial charge is 0.310 e. The van der Waals surface area contributed by atoms with E-state index in [-0.39, 0.29) is 17.4 Å². The Labute approximate surface area is 159 Å². The summed E-state index contributed by atoms with van der Waals surface area (Å²) in [6.07, 6.45) is 1.83. The van der Waals surface area contributed by atoms with E-state index >= 15 is 0 Å². The number of aromatic nitrogens is 1. The fourth-order valence-corrected chi connectivity index (χ4v) is 4.51. The lowest BCUT2D eigenvalue weighted by molar-refractivity contribution is -0.385. The first kappa shape index (κ1) is 17.4. The van der Waals surface area contributed by atoms with Gasteiger partial charge in [0.2, 0.25) is 0 Å². The van der Waals surface area contributed by atoms with Crippen molar-refractivity contribution in [1.29, 1.82) is 0 Å². The van der Waals surface area contributed by atoms with Crippen LogP contribution in [0.15, 0.2) is 42.5 Å². The summed E-state index contributed by atoms with van der Waals surface area (Å²) in [5.41, 5.74) is 0.821. The first-order valence-electron chi connectivity index (χ1n) is 8.65. The molecule has 0 saturated carbocycles. The monoisotopic (exact) mass is 383 g/mol. The van der Waals surface area contributed by atoms with Crippen LogP contribution in [-0.2, 0) is 0 Å². The van der Waals surface area contributed by atoms with Gasteiger partial charge in [0.15, 0.2) is 5.75 Å². The predicted octanol–water partition coefficient (Wildman–Crippen LogP) is 3.93. The lowest BCUT2D eigenvalue weighted by Crippen LogP contribution is -2.39. The molecule has 1 fully saturated rings. The maximum Gasteiger partial charge on any atom is 0.310 e. The Kier molecular flexibility index (Phi) is 4.49. The molecule has 8 heteroatoms. The fourth-order valence-electron chi connectivity index (χ4n) is 3.42. The molecule has 0 spiro atoms. The molecule has 27 heavy (non-hydrogen) atoms. The number of benzene rings is 2. The first-order chi connectivity index (χ1) is 13.0. The van der Waals surface area contributed by atoms with Crippen molar-refractivity contribution < 1.29 is 14.8 Å². The number of phenols is 1. The number of hydrogen-bond acceptors (Lipinski definition) is 6. The van der Waals surface area contributed by atoms with E-state index in [9.17, 15) is 20.0 Å². The van der Waals surface area contributed by atoms with E-state index in [0.29, 0.717) is 13.1 Å². The molecule has 138 valence electrons. The van der Waals surface area contributed by atoms with Crippen LogP contribution in [0.2, 0.25) is 0 Å². The molecule has 7 nitrogen and oxygen atoms in total. The quantitative estimate of drug-likeness (QED) is 0.546. The van der Waals surface area contributed by atoms with Gasteiger partial charge >= 0.3 is 5.69 Å². The third-order valence-corrected chi connectivity index (χ3v) is 5.99. The van der Waals surface area contributed by atoms with Crippen molar-refractivity contribution in [3.05, 3.63) is 63.1 Å². The number of thiazole rings is 1. The number of amides is 1. The molecular formula is C19H17N3O4S. The summed E-state index contributed by atoms with van der Waals surface area (Å²) in [6.45, 7) is 1.17. The number of rotatable bonds is 3. The van der Waals surface area contributed by atoms with Crippen LogP contribution < -0.4 is 0 Å². The number of nitrogens with zero attached hydrogens (tertiary/aromatic N) is 3.